The summed E-state index contributed by atoms with van der Waals surface area (Å²) < 4.78 is 1.01. The molecule has 0 aliphatic rings. The third kappa shape index (κ3) is 2.35. The van der Waals surface area contributed by atoms with E-state index < -0.39 is 0 Å². The summed E-state index contributed by atoms with van der Waals surface area (Å²) in [6, 6.07) is 14.7. The normalized spacial score (nSPS) is 10.7. The van der Waals surface area contributed by atoms with Gasteiger partial charge in [-0.05, 0) is 30.3 Å². The number of anilines is 2. The molecular weight excluding hydrogens is 292 g/mol. The van der Waals surface area contributed by atoms with Gasteiger partial charge in [-0.25, -0.2) is 0 Å². The first kappa shape index (κ1) is 13.0. The Labute approximate surface area is 125 Å². The molecule has 1 amide bonds. The maximum absolute atomic E-state index is 12.3. The van der Waals surface area contributed by atoms with Gasteiger partial charge in [0.1, 0.15) is 4.88 Å². The highest BCUT2D eigenvalue weighted by Crippen LogP contribution is 2.33. The monoisotopic (exact) mass is 302 g/mol. The van der Waals surface area contributed by atoms with Crippen LogP contribution in [0.3, 0.4) is 0 Å². The Balaban J connectivity index is 1.92. The molecule has 3 N–H and O–H groups in total. The molecule has 0 atom stereocenters. The van der Waals surface area contributed by atoms with E-state index in [4.69, 9.17) is 17.3 Å². The number of benzene rings is 2. The first-order chi connectivity index (χ1) is 9.65. The van der Waals surface area contributed by atoms with Gasteiger partial charge in [0.05, 0.1) is 5.69 Å². The van der Waals surface area contributed by atoms with Crippen LogP contribution in [-0.4, -0.2) is 5.91 Å². The number of fused-ring (bicyclic) bond motifs is 1. The lowest BCUT2D eigenvalue weighted by atomic mass is 10.2. The van der Waals surface area contributed by atoms with Crippen LogP contribution in [0.1, 0.15) is 9.67 Å². The highest BCUT2D eigenvalue weighted by Gasteiger charge is 2.16. The van der Waals surface area contributed by atoms with Crippen molar-refractivity contribution in [2.24, 2.45) is 0 Å². The van der Waals surface area contributed by atoms with Gasteiger partial charge in [0, 0.05) is 20.8 Å². The molecule has 0 bridgehead atoms. The lowest BCUT2D eigenvalue weighted by molar-refractivity contribution is 0.103. The van der Waals surface area contributed by atoms with Crippen LogP contribution in [0.4, 0.5) is 11.4 Å². The van der Waals surface area contributed by atoms with Gasteiger partial charge in [0.25, 0.3) is 5.91 Å². The minimum Gasteiger partial charge on any atom is -0.397 e. The van der Waals surface area contributed by atoms with E-state index in [1.54, 1.807) is 24.3 Å². The molecule has 0 fully saturated rings. The lowest BCUT2D eigenvalue weighted by Crippen LogP contribution is -2.11. The maximum atomic E-state index is 12.3. The molecule has 100 valence electrons. The summed E-state index contributed by atoms with van der Waals surface area (Å²) in [6.07, 6.45) is 0. The first-order valence-electron chi connectivity index (χ1n) is 5.99. The number of amides is 1. The molecule has 5 heteroatoms. The quantitative estimate of drug-likeness (QED) is 0.737. The van der Waals surface area contributed by atoms with E-state index in [1.165, 1.54) is 11.3 Å². The predicted molar refractivity (Wildman–Crippen MR) is 85.6 cm³/mol. The van der Waals surface area contributed by atoms with Crippen molar-refractivity contribution in [3.8, 4) is 0 Å². The standard InChI is InChI=1S/C15H11ClN2OS/c16-9-5-7-10(8-6-9)18-15(19)14-13(17)11-3-1-2-4-12(11)20-14/h1-8H,17H2,(H,18,19). The van der Waals surface area contributed by atoms with Crippen molar-refractivity contribution in [3.05, 3.63) is 58.4 Å². The highest BCUT2D eigenvalue weighted by molar-refractivity contribution is 7.21. The molecule has 1 aromatic heterocycles. The Bertz CT molecular complexity index is 780. The number of thiophene rings is 1. The molecule has 0 spiro atoms. The third-order valence-electron chi connectivity index (χ3n) is 2.94. The number of halogens is 1. The van der Waals surface area contributed by atoms with Crippen molar-refractivity contribution < 1.29 is 4.79 Å². The second kappa shape index (κ2) is 5.15. The molecule has 0 saturated carbocycles. The topological polar surface area (TPSA) is 55.1 Å². The van der Waals surface area contributed by atoms with Crippen molar-refractivity contribution >= 4 is 50.3 Å². The van der Waals surface area contributed by atoms with Gasteiger partial charge >= 0.3 is 0 Å². The Morgan fingerprint density at radius 3 is 2.50 bits per heavy atom. The summed E-state index contributed by atoms with van der Waals surface area (Å²) in [5.74, 6) is -0.203. The fourth-order valence-electron chi connectivity index (χ4n) is 1.96. The van der Waals surface area contributed by atoms with Crippen LogP contribution in [0.2, 0.25) is 5.02 Å². The highest BCUT2D eigenvalue weighted by atomic mass is 35.5. The van der Waals surface area contributed by atoms with E-state index in [0.717, 1.165) is 10.1 Å². The van der Waals surface area contributed by atoms with Crippen LogP contribution < -0.4 is 11.1 Å². The van der Waals surface area contributed by atoms with Gasteiger partial charge in [-0.3, -0.25) is 4.79 Å². The minimum absolute atomic E-state index is 0.203. The fraction of sp³-hybridized carbons (Fsp3) is 0. The van der Waals surface area contributed by atoms with Crippen LogP contribution in [0, 0.1) is 0 Å². The Hall–Kier alpha value is -2.04. The molecular formula is C15H11ClN2OS. The molecule has 3 rings (SSSR count). The van der Waals surface area contributed by atoms with Crippen molar-refractivity contribution in [2.75, 3.05) is 11.1 Å². The summed E-state index contributed by atoms with van der Waals surface area (Å²) in [5.41, 5.74) is 7.26. The minimum atomic E-state index is -0.203. The zero-order valence-corrected chi connectivity index (χ0v) is 12.0. The molecule has 3 aromatic rings. The van der Waals surface area contributed by atoms with Crippen LogP contribution in [0.25, 0.3) is 10.1 Å². The number of carbonyl (C=O) groups is 1. The molecule has 0 unspecified atom stereocenters. The Morgan fingerprint density at radius 1 is 1.10 bits per heavy atom. The summed E-state index contributed by atoms with van der Waals surface area (Å²) >= 11 is 7.20. The third-order valence-corrected chi connectivity index (χ3v) is 4.38. The number of rotatable bonds is 2. The number of nitrogen functional groups attached to an aromatic ring is 1. The zero-order valence-electron chi connectivity index (χ0n) is 10.4. The van der Waals surface area contributed by atoms with E-state index in [1.807, 2.05) is 24.3 Å². The summed E-state index contributed by atoms with van der Waals surface area (Å²) in [6.45, 7) is 0. The average molecular weight is 303 g/mol. The number of nitrogens with one attached hydrogen (secondary N) is 1. The zero-order chi connectivity index (χ0) is 14.1. The Kier molecular flexibility index (Phi) is 3.34. The summed E-state index contributed by atoms with van der Waals surface area (Å²) in [5, 5.41) is 4.36. The van der Waals surface area contributed by atoms with E-state index in [9.17, 15) is 4.79 Å². The molecule has 0 aliphatic carbocycles. The lowest BCUT2D eigenvalue weighted by Gasteiger charge is -2.04. The maximum Gasteiger partial charge on any atom is 0.267 e. The largest absolute Gasteiger partial charge is 0.397 e. The van der Waals surface area contributed by atoms with Gasteiger partial charge in [-0.15, -0.1) is 11.3 Å². The number of hydrogen-bond acceptors (Lipinski definition) is 3. The van der Waals surface area contributed by atoms with Crippen molar-refractivity contribution in [3.63, 3.8) is 0 Å². The molecule has 2 aromatic carbocycles. The van der Waals surface area contributed by atoms with Gasteiger partial charge in [0.15, 0.2) is 0 Å². The van der Waals surface area contributed by atoms with Crippen LogP contribution in [0.5, 0.6) is 0 Å². The van der Waals surface area contributed by atoms with E-state index in [-0.39, 0.29) is 5.91 Å². The second-order valence-electron chi connectivity index (χ2n) is 4.30. The average Bonchev–Trinajstić information content (AvgIpc) is 2.79. The van der Waals surface area contributed by atoms with E-state index >= 15 is 0 Å². The van der Waals surface area contributed by atoms with Gasteiger partial charge in [-0.2, -0.15) is 0 Å². The van der Waals surface area contributed by atoms with Crippen molar-refractivity contribution in [1.29, 1.82) is 0 Å². The number of nitrogens with two attached hydrogens (primary N) is 1. The molecule has 0 saturated heterocycles. The Morgan fingerprint density at radius 2 is 1.80 bits per heavy atom. The van der Waals surface area contributed by atoms with Crippen LogP contribution >= 0.6 is 22.9 Å². The smallest absolute Gasteiger partial charge is 0.267 e. The molecule has 20 heavy (non-hydrogen) atoms. The summed E-state index contributed by atoms with van der Waals surface area (Å²) in [4.78, 5) is 12.8. The fourth-order valence-corrected chi connectivity index (χ4v) is 3.10. The second-order valence-corrected chi connectivity index (χ2v) is 5.79. The first-order valence-corrected chi connectivity index (χ1v) is 7.18. The van der Waals surface area contributed by atoms with Crippen molar-refractivity contribution in [2.45, 2.75) is 0 Å². The molecule has 3 nitrogen and oxygen atoms in total. The number of carbonyl (C=O) groups excluding carboxylic acids is 1. The van der Waals surface area contributed by atoms with Gasteiger partial charge < -0.3 is 11.1 Å². The van der Waals surface area contributed by atoms with Crippen molar-refractivity contribution in [1.82, 2.24) is 0 Å². The molecule has 0 radical (unpaired) electrons. The van der Waals surface area contributed by atoms with E-state index in [2.05, 4.69) is 5.32 Å². The number of hydrogen-bond donors (Lipinski definition) is 2. The summed E-state index contributed by atoms with van der Waals surface area (Å²) in [7, 11) is 0. The SMILES string of the molecule is Nc1c(C(=O)Nc2ccc(Cl)cc2)sc2ccccc12. The van der Waals surface area contributed by atoms with Gasteiger partial charge in [-0.1, -0.05) is 29.8 Å². The molecule has 1 heterocycles. The predicted octanol–water partition coefficient (Wildman–Crippen LogP) is 4.39. The van der Waals surface area contributed by atoms with Gasteiger partial charge in [0.2, 0.25) is 0 Å². The van der Waals surface area contributed by atoms with Crippen LogP contribution in [-0.2, 0) is 0 Å². The van der Waals surface area contributed by atoms with E-state index in [0.29, 0.717) is 21.3 Å². The molecule has 0 aliphatic heterocycles. The van der Waals surface area contributed by atoms with Crippen LogP contribution in [0.15, 0.2) is 48.5 Å².